The predicted octanol–water partition coefficient (Wildman–Crippen LogP) is 4.31. The maximum atomic E-state index is 12.4. The van der Waals surface area contributed by atoms with Gasteiger partial charge in [0.2, 0.25) is 0 Å². The average molecular weight is 372 g/mol. The number of anilines is 1. The Morgan fingerprint density at radius 3 is 2.30 bits per heavy atom. The molecule has 0 radical (unpaired) electrons. The molecule has 0 aliphatic rings. The summed E-state index contributed by atoms with van der Waals surface area (Å²) in [6, 6.07) is 11.6. The Labute approximate surface area is 158 Å². The monoisotopic (exact) mass is 372 g/mol. The second-order valence-electron chi connectivity index (χ2n) is 7.17. The van der Waals surface area contributed by atoms with E-state index in [2.05, 4.69) is 26.1 Å². The molecule has 0 spiro atoms. The van der Waals surface area contributed by atoms with Gasteiger partial charge in [0.25, 0.3) is 11.6 Å². The van der Waals surface area contributed by atoms with Crippen molar-refractivity contribution >= 4 is 17.3 Å². The lowest BCUT2D eigenvalue weighted by Gasteiger charge is -2.20. The van der Waals surface area contributed by atoms with Crippen molar-refractivity contribution in [2.45, 2.75) is 39.2 Å². The summed E-state index contributed by atoms with van der Waals surface area (Å²) in [5.41, 5.74) is 1.26. The molecule has 1 amide bonds. The van der Waals surface area contributed by atoms with E-state index >= 15 is 0 Å². The number of nitrogens with zero attached hydrogens (tertiary/aromatic N) is 1. The molecule has 2 aromatic rings. The van der Waals surface area contributed by atoms with E-state index in [0.717, 1.165) is 5.56 Å². The molecule has 0 saturated carbocycles. The first-order valence-electron chi connectivity index (χ1n) is 8.52. The van der Waals surface area contributed by atoms with E-state index in [1.807, 2.05) is 24.3 Å². The zero-order chi connectivity index (χ0) is 20.2. The van der Waals surface area contributed by atoms with Gasteiger partial charge in [-0.2, -0.15) is 0 Å². The molecule has 1 N–H and O–H groups in total. The number of rotatable bonds is 6. The van der Waals surface area contributed by atoms with E-state index in [-0.39, 0.29) is 16.8 Å². The van der Waals surface area contributed by atoms with Gasteiger partial charge in [0.15, 0.2) is 6.10 Å². The highest BCUT2D eigenvalue weighted by Gasteiger charge is 2.19. The molecule has 144 valence electrons. The molecule has 27 heavy (non-hydrogen) atoms. The highest BCUT2D eigenvalue weighted by atomic mass is 16.6. The molecule has 0 aliphatic carbocycles. The van der Waals surface area contributed by atoms with Crippen LogP contribution in [0.25, 0.3) is 0 Å². The van der Waals surface area contributed by atoms with Gasteiger partial charge in [-0.25, -0.2) is 0 Å². The maximum Gasteiger partial charge on any atom is 0.271 e. The van der Waals surface area contributed by atoms with Gasteiger partial charge in [0.1, 0.15) is 11.5 Å². The first kappa shape index (κ1) is 20.2. The minimum absolute atomic E-state index is 0.0279. The van der Waals surface area contributed by atoms with Gasteiger partial charge in [-0.15, -0.1) is 0 Å². The van der Waals surface area contributed by atoms with Crippen LogP contribution in [0.3, 0.4) is 0 Å². The molecular weight excluding hydrogens is 348 g/mol. The first-order chi connectivity index (χ1) is 12.6. The Balaban J connectivity index is 2.09. The van der Waals surface area contributed by atoms with E-state index in [0.29, 0.717) is 11.5 Å². The van der Waals surface area contributed by atoms with Gasteiger partial charge < -0.3 is 14.8 Å². The van der Waals surface area contributed by atoms with Crippen molar-refractivity contribution in [3.05, 3.63) is 58.1 Å². The summed E-state index contributed by atoms with van der Waals surface area (Å²) >= 11 is 0. The minimum Gasteiger partial charge on any atom is -0.495 e. The Bertz CT molecular complexity index is 825. The standard InChI is InChI=1S/C20H24N2O5/c1-13(27-16-9-6-14(7-10-16)20(2,3)4)19(23)21-17-12-15(22(24)25)8-11-18(17)26-5/h6-13H,1-5H3,(H,21,23)/t13-/m0/s1. The van der Waals surface area contributed by atoms with Crippen LogP contribution in [0.4, 0.5) is 11.4 Å². The number of ether oxygens (including phenoxy) is 2. The van der Waals surface area contributed by atoms with Crippen molar-refractivity contribution in [3.8, 4) is 11.5 Å². The normalized spacial score (nSPS) is 12.2. The predicted molar refractivity (Wildman–Crippen MR) is 104 cm³/mol. The fourth-order valence-corrected chi connectivity index (χ4v) is 2.43. The highest BCUT2D eigenvalue weighted by molar-refractivity contribution is 5.95. The molecule has 7 nitrogen and oxygen atoms in total. The molecule has 0 bridgehead atoms. The Morgan fingerprint density at radius 1 is 1.15 bits per heavy atom. The summed E-state index contributed by atoms with van der Waals surface area (Å²) in [4.78, 5) is 22.8. The van der Waals surface area contributed by atoms with Crippen molar-refractivity contribution in [1.82, 2.24) is 0 Å². The highest BCUT2D eigenvalue weighted by Crippen LogP contribution is 2.29. The molecule has 0 heterocycles. The molecule has 0 unspecified atom stereocenters. The van der Waals surface area contributed by atoms with Crippen molar-refractivity contribution in [2.24, 2.45) is 0 Å². The second kappa shape index (κ2) is 8.07. The number of carbonyl (C=O) groups is 1. The third kappa shape index (κ3) is 5.20. The maximum absolute atomic E-state index is 12.4. The number of nitro benzene ring substituents is 1. The van der Waals surface area contributed by atoms with E-state index in [1.165, 1.54) is 25.3 Å². The van der Waals surface area contributed by atoms with Crippen LogP contribution >= 0.6 is 0 Å². The summed E-state index contributed by atoms with van der Waals surface area (Å²) in [5, 5.41) is 13.6. The molecule has 2 rings (SSSR count). The first-order valence-corrected chi connectivity index (χ1v) is 8.52. The van der Waals surface area contributed by atoms with Crippen LogP contribution < -0.4 is 14.8 Å². The summed E-state index contributed by atoms with van der Waals surface area (Å²) in [6.07, 6.45) is -0.797. The van der Waals surface area contributed by atoms with Crippen LogP contribution in [0.2, 0.25) is 0 Å². The Hall–Kier alpha value is -3.09. The molecule has 0 saturated heterocycles. The summed E-state index contributed by atoms with van der Waals surface area (Å²) < 4.78 is 10.8. The van der Waals surface area contributed by atoms with Crippen LogP contribution in [0.1, 0.15) is 33.3 Å². The fourth-order valence-electron chi connectivity index (χ4n) is 2.43. The molecular formula is C20H24N2O5. The van der Waals surface area contributed by atoms with Gasteiger partial charge in [-0.05, 0) is 36.1 Å². The lowest BCUT2D eigenvalue weighted by Crippen LogP contribution is -2.30. The fraction of sp³-hybridized carbons (Fsp3) is 0.350. The number of methoxy groups -OCH3 is 1. The van der Waals surface area contributed by atoms with Crippen molar-refractivity contribution in [1.29, 1.82) is 0 Å². The quantitative estimate of drug-likeness (QED) is 0.603. The van der Waals surface area contributed by atoms with Crippen LogP contribution in [-0.2, 0) is 10.2 Å². The lowest BCUT2D eigenvalue weighted by molar-refractivity contribution is -0.384. The Kier molecular flexibility index (Phi) is 6.05. The van der Waals surface area contributed by atoms with Gasteiger partial charge in [-0.3, -0.25) is 14.9 Å². The van der Waals surface area contributed by atoms with Gasteiger partial charge in [-0.1, -0.05) is 32.9 Å². The SMILES string of the molecule is COc1ccc([N+](=O)[O-])cc1NC(=O)[C@H](C)Oc1ccc(C(C)(C)C)cc1. The topological polar surface area (TPSA) is 90.7 Å². The molecule has 2 aromatic carbocycles. The van der Waals surface area contributed by atoms with Crippen molar-refractivity contribution < 1.29 is 19.2 Å². The summed E-state index contributed by atoms with van der Waals surface area (Å²) in [7, 11) is 1.42. The zero-order valence-electron chi connectivity index (χ0n) is 16.1. The van der Waals surface area contributed by atoms with Crippen LogP contribution in [0.5, 0.6) is 11.5 Å². The molecule has 0 aliphatic heterocycles. The number of hydrogen-bond acceptors (Lipinski definition) is 5. The van der Waals surface area contributed by atoms with Crippen molar-refractivity contribution in [2.75, 3.05) is 12.4 Å². The zero-order valence-corrected chi connectivity index (χ0v) is 16.1. The smallest absolute Gasteiger partial charge is 0.271 e. The number of non-ortho nitro benzene ring substituents is 1. The van der Waals surface area contributed by atoms with Crippen molar-refractivity contribution in [3.63, 3.8) is 0 Å². The minimum atomic E-state index is -0.797. The third-order valence-electron chi connectivity index (χ3n) is 4.05. The number of benzene rings is 2. The van der Waals surface area contributed by atoms with Crippen LogP contribution in [0.15, 0.2) is 42.5 Å². The van der Waals surface area contributed by atoms with E-state index in [1.54, 1.807) is 6.92 Å². The van der Waals surface area contributed by atoms with Gasteiger partial charge in [0.05, 0.1) is 17.7 Å². The number of nitrogens with one attached hydrogen (secondary N) is 1. The van der Waals surface area contributed by atoms with Gasteiger partial charge in [0, 0.05) is 12.1 Å². The number of amides is 1. The third-order valence-corrected chi connectivity index (χ3v) is 4.05. The van der Waals surface area contributed by atoms with Gasteiger partial charge >= 0.3 is 0 Å². The number of hydrogen-bond donors (Lipinski definition) is 1. The number of carbonyl (C=O) groups excluding carboxylic acids is 1. The summed E-state index contributed by atoms with van der Waals surface area (Å²) in [6.45, 7) is 7.96. The largest absolute Gasteiger partial charge is 0.495 e. The molecule has 1 atom stereocenters. The van der Waals surface area contributed by atoms with Crippen LogP contribution in [0, 0.1) is 10.1 Å². The van der Waals surface area contributed by atoms with E-state index in [9.17, 15) is 14.9 Å². The molecule has 0 aromatic heterocycles. The summed E-state index contributed by atoms with van der Waals surface area (Å²) in [5.74, 6) is 0.459. The second-order valence-corrected chi connectivity index (χ2v) is 7.17. The van der Waals surface area contributed by atoms with E-state index in [4.69, 9.17) is 9.47 Å². The lowest BCUT2D eigenvalue weighted by atomic mass is 9.87. The average Bonchev–Trinajstić information content (AvgIpc) is 2.61. The van der Waals surface area contributed by atoms with E-state index < -0.39 is 16.9 Å². The van der Waals surface area contributed by atoms with Crippen LogP contribution in [-0.4, -0.2) is 24.0 Å². The molecule has 0 fully saturated rings. The number of nitro groups is 1. The molecule has 7 heteroatoms. The Morgan fingerprint density at radius 2 is 1.78 bits per heavy atom.